The molecule has 0 spiro atoms. The van der Waals surface area contributed by atoms with Crippen molar-refractivity contribution in [2.45, 2.75) is 0 Å². The van der Waals surface area contributed by atoms with Gasteiger partial charge in [0.05, 0.1) is 11.4 Å². The molecule has 0 radical (unpaired) electrons. The fraction of sp³-hybridized carbons (Fsp3) is 0.0714. The Morgan fingerprint density at radius 1 is 0.889 bits per heavy atom. The summed E-state index contributed by atoms with van der Waals surface area (Å²) < 4.78 is 0. The average Bonchev–Trinajstić information content (AvgIpc) is 2.46. The summed E-state index contributed by atoms with van der Waals surface area (Å²) in [4.78, 5) is 11.3. The van der Waals surface area contributed by atoms with Crippen LogP contribution in [0.15, 0.2) is 64.8 Å². The van der Waals surface area contributed by atoms with Crippen molar-refractivity contribution < 1.29 is 4.79 Å². The summed E-state index contributed by atoms with van der Waals surface area (Å²) in [6, 6.07) is 16.5. The molecule has 0 bridgehead atoms. The molecule has 1 N–H and O–H groups in total. The molecule has 90 valence electrons. The highest BCUT2D eigenvalue weighted by Crippen LogP contribution is 2.18. The van der Waals surface area contributed by atoms with Crippen LogP contribution in [0.1, 0.15) is 10.4 Å². The van der Waals surface area contributed by atoms with E-state index in [2.05, 4.69) is 15.5 Å². The van der Waals surface area contributed by atoms with Crippen molar-refractivity contribution in [3.05, 3.63) is 60.2 Å². The molecule has 2 rings (SSSR count). The molecule has 0 aliphatic carbocycles. The van der Waals surface area contributed by atoms with Crippen molar-refractivity contribution in [3.63, 3.8) is 0 Å². The van der Waals surface area contributed by atoms with E-state index in [9.17, 15) is 4.79 Å². The van der Waals surface area contributed by atoms with Crippen molar-refractivity contribution in [2.75, 3.05) is 7.05 Å². The van der Waals surface area contributed by atoms with E-state index in [1.165, 1.54) is 0 Å². The molecule has 0 aromatic heterocycles. The third-order valence-electron chi connectivity index (χ3n) is 2.39. The van der Waals surface area contributed by atoms with Gasteiger partial charge in [-0.05, 0) is 36.4 Å². The number of hydrogen-bond donors (Lipinski definition) is 1. The summed E-state index contributed by atoms with van der Waals surface area (Å²) in [5.41, 5.74) is 2.12. The predicted octanol–water partition coefficient (Wildman–Crippen LogP) is 3.46. The molecule has 0 saturated carbocycles. The normalized spacial score (nSPS) is 10.5. The Balaban J connectivity index is 2.11. The largest absolute Gasteiger partial charge is 0.355 e. The minimum atomic E-state index is -0.110. The van der Waals surface area contributed by atoms with E-state index >= 15 is 0 Å². The van der Waals surface area contributed by atoms with E-state index in [1.807, 2.05) is 30.3 Å². The summed E-state index contributed by atoms with van der Waals surface area (Å²) in [5.74, 6) is -0.110. The number of carbonyl (C=O) groups excluding carboxylic acids is 1. The minimum absolute atomic E-state index is 0.110. The zero-order chi connectivity index (χ0) is 12.8. The Kier molecular flexibility index (Phi) is 3.81. The number of amides is 1. The van der Waals surface area contributed by atoms with Gasteiger partial charge in [0.2, 0.25) is 0 Å². The van der Waals surface area contributed by atoms with Gasteiger partial charge in [0.15, 0.2) is 0 Å². The van der Waals surface area contributed by atoms with Crippen LogP contribution in [0.2, 0.25) is 0 Å². The van der Waals surface area contributed by atoms with Crippen LogP contribution < -0.4 is 5.32 Å². The number of nitrogens with zero attached hydrogens (tertiary/aromatic N) is 2. The number of rotatable bonds is 3. The van der Waals surface area contributed by atoms with Crippen molar-refractivity contribution >= 4 is 17.3 Å². The van der Waals surface area contributed by atoms with Gasteiger partial charge < -0.3 is 5.32 Å². The van der Waals surface area contributed by atoms with Gasteiger partial charge in [-0.25, -0.2) is 0 Å². The SMILES string of the molecule is CNC(=O)c1ccc(/N=N/c2ccccc2)cc1. The Morgan fingerprint density at radius 3 is 2.00 bits per heavy atom. The van der Waals surface area contributed by atoms with Gasteiger partial charge in [-0.1, -0.05) is 18.2 Å². The topological polar surface area (TPSA) is 53.8 Å². The maximum absolute atomic E-state index is 11.3. The second-order valence-corrected chi connectivity index (χ2v) is 3.66. The molecule has 1 amide bonds. The summed E-state index contributed by atoms with van der Waals surface area (Å²) in [6.07, 6.45) is 0. The molecule has 0 atom stereocenters. The fourth-order valence-electron chi connectivity index (χ4n) is 1.43. The van der Waals surface area contributed by atoms with Crippen LogP contribution in [-0.2, 0) is 0 Å². The summed E-state index contributed by atoms with van der Waals surface area (Å²) >= 11 is 0. The van der Waals surface area contributed by atoms with Crippen LogP contribution in [0.3, 0.4) is 0 Å². The number of hydrogen-bond acceptors (Lipinski definition) is 3. The average molecular weight is 239 g/mol. The summed E-state index contributed by atoms with van der Waals surface area (Å²) in [7, 11) is 1.60. The molecule has 0 fully saturated rings. The number of nitrogens with one attached hydrogen (secondary N) is 1. The second kappa shape index (κ2) is 5.72. The van der Waals surface area contributed by atoms with Gasteiger partial charge in [-0.15, -0.1) is 0 Å². The molecule has 2 aromatic carbocycles. The van der Waals surface area contributed by atoms with Crippen LogP contribution in [0.25, 0.3) is 0 Å². The van der Waals surface area contributed by atoms with E-state index in [4.69, 9.17) is 0 Å². The lowest BCUT2D eigenvalue weighted by atomic mass is 10.2. The highest BCUT2D eigenvalue weighted by Gasteiger charge is 2.01. The highest BCUT2D eigenvalue weighted by molar-refractivity contribution is 5.94. The first-order valence-electron chi connectivity index (χ1n) is 5.58. The van der Waals surface area contributed by atoms with E-state index < -0.39 is 0 Å². The molecular formula is C14H13N3O. The first-order valence-corrected chi connectivity index (χ1v) is 5.58. The third kappa shape index (κ3) is 3.01. The quantitative estimate of drug-likeness (QED) is 0.819. The molecule has 0 saturated heterocycles. The van der Waals surface area contributed by atoms with Gasteiger partial charge in [0.25, 0.3) is 5.91 Å². The molecular weight excluding hydrogens is 226 g/mol. The summed E-state index contributed by atoms with van der Waals surface area (Å²) in [6.45, 7) is 0. The first-order chi connectivity index (χ1) is 8.79. The van der Waals surface area contributed by atoms with E-state index in [0.29, 0.717) is 11.3 Å². The van der Waals surface area contributed by atoms with E-state index in [0.717, 1.165) is 5.69 Å². The Hall–Kier alpha value is -2.49. The Bertz CT molecular complexity index is 547. The van der Waals surface area contributed by atoms with Crippen molar-refractivity contribution in [2.24, 2.45) is 10.2 Å². The Labute approximate surface area is 105 Å². The Morgan fingerprint density at radius 2 is 1.44 bits per heavy atom. The standard InChI is InChI=1S/C14H13N3O/c1-15-14(18)11-7-9-13(10-8-11)17-16-12-5-3-2-4-6-12/h2-10H,1H3,(H,15,18)/b17-16+. The first kappa shape index (κ1) is 12.0. The summed E-state index contributed by atoms with van der Waals surface area (Å²) in [5, 5.41) is 10.8. The van der Waals surface area contributed by atoms with Crippen molar-refractivity contribution in [3.8, 4) is 0 Å². The zero-order valence-electron chi connectivity index (χ0n) is 10.00. The third-order valence-corrected chi connectivity index (χ3v) is 2.39. The molecule has 0 aliphatic rings. The van der Waals surface area contributed by atoms with Crippen LogP contribution >= 0.6 is 0 Å². The van der Waals surface area contributed by atoms with Crippen LogP contribution in [0, 0.1) is 0 Å². The minimum Gasteiger partial charge on any atom is -0.355 e. The van der Waals surface area contributed by atoms with Crippen LogP contribution in [0.4, 0.5) is 11.4 Å². The zero-order valence-corrected chi connectivity index (χ0v) is 10.00. The molecule has 4 heteroatoms. The van der Waals surface area contributed by atoms with E-state index in [1.54, 1.807) is 31.3 Å². The molecule has 0 unspecified atom stereocenters. The smallest absolute Gasteiger partial charge is 0.251 e. The van der Waals surface area contributed by atoms with Gasteiger partial charge in [0, 0.05) is 12.6 Å². The predicted molar refractivity (Wildman–Crippen MR) is 70.5 cm³/mol. The molecule has 2 aromatic rings. The second-order valence-electron chi connectivity index (χ2n) is 3.66. The van der Waals surface area contributed by atoms with Crippen LogP contribution in [0.5, 0.6) is 0 Å². The van der Waals surface area contributed by atoms with Gasteiger partial charge in [0.1, 0.15) is 0 Å². The van der Waals surface area contributed by atoms with Gasteiger partial charge in [-0.3, -0.25) is 4.79 Å². The van der Waals surface area contributed by atoms with Crippen molar-refractivity contribution in [1.29, 1.82) is 0 Å². The van der Waals surface area contributed by atoms with Crippen molar-refractivity contribution in [1.82, 2.24) is 5.32 Å². The number of benzene rings is 2. The van der Waals surface area contributed by atoms with Gasteiger partial charge >= 0.3 is 0 Å². The molecule has 0 aliphatic heterocycles. The lowest BCUT2D eigenvalue weighted by Crippen LogP contribution is -2.17. The molecule has 18 heavy (non-hydrogen) atoms. The van der Waals surface area contributed by atoms with Crippen LogP contribution in [-0.4, -0.2) is 13.0 Å². The maximum Gasteiger partial charge on any atom is 0.251 e. The number of carbonyl (C=O) groups is 1. The number of azo groups is 1. The molecule has 0 heterocycles. The molecule has 4 nitrogen and oxygen atoms in total. The fourth-order valence-corrected chi connectivity index (χ4v) is 1.43. The monoisotopic (exact) mass is 239 g/mol. The lowest BCUT2D eigenvalue weighted by Gasteiger charge is -1.99. The highest BCUT2D eigenvalue weighted by atomic mass is 16.1. The van der Waals surface area contributed by atoms with E-state index in [-0.39, 0.29) is 5.91 Å². The maximum atomic E-state index is 11.3. The lowest BCUT2D eigenvalue weighted by molar-refractivity contribution is 0.0963. The van der Waals surface area contributed by atoms with Gasteiger partial charge in [-0.2, -0.15) is 10.2 Å².